The lowest BCUT2D eigenvalue weighted by Crippen LogP contribution is -2.23. The van der Waals surface area contributed by atoms with Crippen LogP contribution in [0.1, 0.15) is 12.5 Å². The van der Waals surface area contributed by atoms with Crippen LogP contribution in [0, 0.1) is 5.82 Å². The number of benzene rings is 1. The summed E-state index contributed by atoms with van der Waals surface area (Å²) in [5, 5.41) is 3.07. The van der Waals surface area contributed by atoms with Crippen molar-refractivity contribution in [2.45, 2.75) is 19.4 Å². The van der Waals surface area contributed by atoms with Crippen molar-refractivity contribution in [3.8, 4) is 0 Å². The van der Waals surface area contributed by atoms with E-state index >= 15 is 0 Å². The second kappa shape index (κ2) is 4.21. The van der Waals surface area contributed by atoms with E-state index in [9.17, 15) is 4.39 Å². The van der Waals surface area contributed by atoms with Crippen molar-refractivity contribution in [2.75, 3.05) is 7.05 Å². The lowest BCUT2D eigenvalue weighted by Gasteiger charge is -2.09. The quantitative estimate of drug-likeness (QED) is 0.725. The van der Waals surface area contributed by atoms with Gasteiger partial charge in [0.2, 0.25) is 0 Å². The van der Waals surface area contributed by atoms with Gasteiger partial charge in [-0.2, -0.15) is 0 Å². The molecule has 1 rings (SSSR count). The van der Waals surface area contributed by atoms with Gasteiger partial charge in [0.25, 0.3) is 0 Å². The summed E-state index contributed by atoms with van der Waals surface area (Å²) in [5.41, 5.74) is 0.777. The number of halogens is 1. The fourth-order valence-corrected chi connectivity index (χ4v) is 1.10. The van der Waals surface area contributed by atoms with Gasteiger partial charge in [0.05, 0.1) is 0 Å². The second-order valence-corrected chi connectivity index (χ2v) is 2.99. The van der Waals surface area contributed by atoms with Crippen molar-refractivity contribution in [3.63, 3.8) is 0 Å². The molecule has 0 radical (unpaired) electrons. The van der Waals surface area contributed by atoms with E-state index in [1.807, 2.05) is 26.1 Å². The van der Waals surface area contributed by atoms with E-state index < -0.39 is 0 Å². The van der Waals surface area contributed by atoms with Gasteiger partial charge in [0, 0.05) is 6.04 Å². The minimum Gasteiger partial charge on any atom is -0.317 e. The average Bonchev–Trinajstić information content (AvgIpc) is 2.09. The molecule has 0 fully saturated rings. The maximum absolute atomic E-state index is 13.1. The number of nitrogens with one attached hydrogen (secondary N) is 1. The fraction of sp³-hybridized carbons (Fsp3) is 0.400. The van der Waals surface area contributed by atoms with E-state index in [-0.39, 0.29) is 5.82 Å². The molecule has 66 valence electrons. The minimum absolute atomic E-state index is 0.111. The van der Waals surface area contributed by atoms with Gasteiger partial charge in [-0.05, 0) is 32.0 Å². The summed E-state index contributed by atoms with van der Waals surface area (Å²) in [5.74, 6) is -0.111. The lowest BCUT2D eigenvalue weighted by molar-refractivity contribution is 0.564. The highest BCUT2D eigenvalue weighted by atomic mass is 19.1. The predicted octanol–water partition coefficient (Wildman–Crippen LogP) is 1.98. The number of hydrogen-bond acceptors (Lipinski definition) is 1. The van der Waals surface area contributed by atoms with Crippen molar-refractivity contribution in [1.29, 1.82) is 0 Å². The Hall–Kier alpha value is -0.890. The zero-order chi connectivity index (χ0) is 8.97. The van der Waals surface area contributed by atoms with Crippen LogP contribution in [0.3, 0.4) is 0 Å². The SMILES string of the molecule is CN[C@@H](C)Cc1ccccc1F. The molecule has 0 bridgehead atoms. The molecule has 2 heteroatoms. The van der Waals surface area contributed by atoms with Gasteiger partial charge in [-0.25, -0.2) is 4.39 Å². The fourth-order valence-electron chi connectivity index (χ4n) is 1.10. The zero-order valence-corrected chi connectivity index (χ0v) is 7.47. The summed E-state index contributed by atoms with van der Waals surface area (Å²) < 4.78 is 13.1. The van der Waals surface area contributed by atoms with E-state index in [1.54, 1.807) is 6.07 Å². The summed E-state index contributed by atoms with van der Waals surface area (Å²) in [6.45, 7) is 2.03. The van der Waals surface area contributed by atoms with Gasteiger partial charge in [-0.15, -0.1) is 0 Å². The Labute approximate surface area is 72.6 Å². The van der Waals surface area contributed by atoms with Crippen LogP contribution in [0.15, 0.2) is 24.3 Å². The summed E-state index contributed by atoms with van der Waals surface area (Å²) in [4.78, 5) is 0. The molecule has 0 saturated carbocycles. The van der Waals surface area contributed by atoms with E-state index in [0.29, 0.717) is 6.04 Å². The van der Waals surface area contributed by atoms with Crippen LogP contribution >= 0.6 is 0 Å². The molecule has 1 N–H and O–H groups in total. The van der Waals surface area contributed by atoms with Gasteiger partial charge in [0.15, 0.2) is 0 Å². The zero-order valence-electron chi connectivity index (χ0n) is 7.47. The van der Waals surface area contributed by atoms with Crippen LogP contribution in [0.4, 0.5) is 4.39 Å². The average molecular weight is 167 g/mol. The van der Waals surface area contributed by atoms with Gasteiger partial charge in [-0.3, -0.25) is 0 Å². The summed E-state index contributed by atoms with van der Waals surface area (Å²) in [7, 11) is 1.88. The second-order valence-electron chi connectivity index (χ2n) is 2.99. The van der Waals surface area contributed by atoms with E-state index in [1.165, 1.54) is 6.07 Å². The molecule has 0 heterocycles. The molecule has 0 amide bonds. The van der Waals surface area contributed by atoms with Crippen LogP contribution in [-0.2, 0) is 6.42 Å². The third kappa shape index (κ3) is 2.31. The van der Waals surface area contributed by atoms with Gasteiger partial charge < -0.3 is 5.32 Å². The largest absolute Gasteiger partial charge is 0.317 e. The lowest BCUT2D eigenvalue weighted by atomic mass is 10.1. The Bertz CT molecular complexity index is 247. The third-order valence-electron chi connectivity index (χ3n) is 1.98. The molecule has 1 atom stereocenters. The number of hydrogen-bond donors (Lipinski definition) is 1. The first-order chi connectivity index (χ1) is 5.74. The summed E-state index contributed by atoms with van der Waals surface area (Å²) in [6, 6.07) is 7.21. The van der Waals surface area contributed by atoms with Gasteiger partial charge in [0.1, 0.15) is 5.82 Å². The van der Waals surface area contributed by atoms with Crippen molar-refractivity contribution >= 4 is 0 Å². The Morgan fingerprint density at radius 3 is 2.67 bits per heavy atom. The highest BCUT2D eigenvalue weighted by Crippen LogP contribution is 2.08. The molecule has 12 heavy (non-hydrogen) atoms. The maximum Gasteiger partial charge on any atom is 0.126 e. The van der Waals surface area contributed by atoms with Gasteiger partial charge >= 0.3 is 0 Å². The molecule has 0 spiro atoms. The molecule has 0 aliphatic heterocycles. The first-order valence-corrected chi connectivity index (χ1v) is 4.14. The molecular weight excluding hydrogens is 153 g/mol. The Kier molecular flexibility index (Phi) is 3.23. The number of rotatable bonds is 3. The first-order valence-electron chi connectivity index (χ1n) is 4.14. The van der Waals surface area contributed by atoms with Crippen molar-refractivity contribution in [2.24, 2.45) is 0 Å². The maximum atomic E-state index is 13.1. The molecule has 1 aromatic rings. The molecule has 0 saturated heterocycles. The smallest absolute Gasteiger partial charge is 0.126 e. The van der Waals surface area contributed by atoms with Crippen LogP contribution in [-0.4, -0.2) is 13.1 Å². The van der Waals surface area contributed by atoms with Crippen molar-refractivity contribution in [3.05, 3.63) is 35.6 Å². The molecular formula is C10H14FN. The van der Waals surface area contributed by atoms with Crippen LogP contribution < -0.4 is 5.32 Å². The standard InChI is InChI=1S/C10H14FN/c1-8(12-2)7-9-5-3-4-6-10(9)11/h3-6,8,12H,7H2,1-2H3/t8-/m0/s1. The Morgan fingerprint density at radius 1 is 1.42 bits per heavy atom. The molecule has 0 unspecified atom stereocenters. The van der Waals surface area contributed by atoms with E-state index in [0.717, 1.165) is 12.0 Å². The van der Waals surface area contributed by atoms with Crippen LogP contribution in [0.2, 0.25) is 0 Å². The van der Waals surface area contributed by atoms with Crippen molar-refractivity contribution in [1.82, 2.24) is 5.32 Å². The highest BCUT2D eigenvalue weighted by Gasteiger charge is 2.04. The minimum atomic E-state index is -0.111. The molecule has 0 aliphatic rings. The topological polar surface area (TPSA) is 12.0 Å². The van der Waals surface area contributed by atoms with E-state index in [2.05, 4.69) is 5.32 Å². The monoisotopic (exact) mass is 167 g/mol. The van der Waals surface area contributed by atoms with E-state index in [4.69, 9.17) is 0 Å². The summed E-state index contributed by atoms with van der Waals surface area (Å²) in [6.07, 6.45) is 0.739. The molecule has 0 aromatic heterocycles. The van der Waals surface area contributed by atoms with Crippen LogP contribution in [0.25, 0.3) is 0 Å². The Morgan fingerprint density at radius 2 is 2.08 bits per heavy atom. The highest BCUT2D eigenvalue weighted by molar-refractivity contribution is 5.18. The predicted molar refractivity (Wildman–Crippen MR) is 48.6 cm³/mol. The molecule has 0 aliphatic carbocycles. The normalized spacial score (nSPS) is 12.9. The first kappa shape index (κ1) is 9.20. The Balaban J connectivity index is 2.69. The molecule has 1 nitrogen and oxygen atoms in total. The van der Waals surface area contributed by atoms with Gasteiger partial charge in [-0.1, -0.05) is 18.2 Å². The third-order valence-corrected chi connectivity index (χ3v) is 1.98. The van der Waals surface area contributed by atoms with Crippen LogP contribution in [0.5, 0.6) is 0 Å². The van der Waals surface area contributed by atoms with Crippen molar-refractivity contribution < 1.29 is 4.39 Å². The number of likely N-dealkylation sites (N-methyl/N-ethyl adjacent to an activating group) is 1. The molecule has 1 aromatic carbocycles. The summed E-state index contributed by atoms with van der Waals surface area (Å²) >= 11 is 0.